The van der Waals surface area contributed by atoms with E-state index in [2.05, 4.69) is 10.3 Å². The molecule has 2 saturated heterocycles. The molecule has 192 valence electrons. The zero-order chi connectivity index (χ0) is 25.3. The Morgan fingerprint density at radius 1 is 1.14 bits per heavy atom. The molecule has 3 fully saturated rings. The number of anilines is 1. The Balaban J connectivity index is 1.29. The summed E-state index contributed by atoms with van der Waals surface area (Å²) in [5.74, 6) is -0.337. The van der Waals surface area contributed by atoms with E-state index in [4.69, 9.17) is 0 Å². The number of hydrogen-bond donors (Lipinski definition) is 2. The van der Waals surface area contributed by atoms with Gasteiger partial charge < -0.3 is 20.2 Å². The maximum absolute atomic E-state index is 15.4. The van der Waals surface area contributed by atoms with Gasteiger partial charge in [0.2, 0.25) is 5.91 Å². The summed E-state index contributed by atoms with van der Waals surface area (Å²) in [6.07, 6.45) is 7.11. The molecule has 1 saturated carbocycles. The highest BCUT2D eigenvalue weighted by Gasteiger charge is 2.50. The number of rotatable bonds is 5. The molecule has 1 unspecified atom stereocenters. The summed E-state index contributed by atoms with van der Waals surface area (Å²) in [5, 5.41) is 12.6. The molecule has 0 radical (unpaired) electrons. The Hall–Kier alpha value is -3.00. The van der Waals surface area contributed by atoms with E-state index >= 15 is 4.39 Å². The minimum atomic E-state index is -0.446. The molecule has 2 amide bonds. The molecule has 0 bridgehead atoms. The van der Waals surface area contributed by atoms with Crippen LogP contribution in [0.5, 0.6) is 0 Å². The monoisotopic (exact) mass is 494 g/mol. The van der Waals surface area contributed by atoms with Crippen LogP contribution in [0.3, 0.4) is 0 Å². The summed E-state index contributed by atoms with van der Waals surface area (Å²) in [5.41, 5.74) is 1.84. The molecule has 2 aromatic rings. The number of nitrogens with one attached hydrogen (secondary N) is 1. The molecule has 3 aliphatic rings. The van der Waals surface area contributed by atoms with Crippen LogP contribution >= 0.6 is 0 Å². The minimum Gasteiger partial charge on any atom is -0.393 e. The third-order valence-corrected chi connectivity index (χ3v) is 8.18. The third-order valence-electron chi connectivity index (χ3n) is 8.18. The molecule has 2 aliphatic heterocycles. The highest BCUT2D eigenvalue weighted by atomic mass is 19.1. The van der Waals surface area contributed by atoms with Crippen LogP contribution in [0.1, 0.15) is 62.4 Å². The van der Waals surface area contributed by atoms with Crippen molar-refractivity contribution in [2.45, 2.75) is 64.0 Å². The zero-order valence-corrected chi connectivity index (χ0v) is 20.9. The standard InChI is InChI=1S/C28H35FN4O3/c1-2-30-26(35)24-10-4-20(17-31-24)19-5-11-25(23(29)16-19)32-14-3-12-28(18-32)13-15-33(27(28)36)21-6-8-22(34)9-7-21/h4-5,10-11,16-17,21-22,34H,2-3,6-9,12-15,18H2,1H3,(H,30,35). The first kappa shape index (κ1) is 24.7. The molecule has 5 rings (SSSR count). The molecule has 36 heavy (non-hydrogen) atoms. The molecule has 2 N–H and O–H groups in total. The molecule has 1 aliphatic carbocycles. The van der Waals surface area contributed by atoms with Gasteiger partial charge >= 0.3 is 0 Å². The van der Waals surface area contributed by atoms with Gasteiger partial charge in [0.25, 0.3) is 5.91 Å². The van der Waals surface area contributed by atoms with Crippen LogP contribution in [-0.4, -0.2) is 65.1 Å². The summed E-state index contributed by atoms with van der Waals surface area (Å²) in [4.78, 5) is 33.8. The molecule has 1 atom stereocenters. The number of aliphatic hydroxyl groups is 1. The molecule has 8 heteroatoms. The van der Waals surface area contributed by atoms with Gasteiger partial charge in [0.15, 0.2) is 0 Å². The number of aromatic nitrogens is 1. The third kappa shape index (κ3) is 4.71. The maximum atomic E-state index is 15.4. The highest BCUT2D eigenvalue weighted by Crippen LogP contribution is 2.44. The largest absolute Gasteiger partial charge is 0.393 e. The van der Waals surface area contributed by atoms with Crippen molar-refractivity contribution in [3.8, 4) is 11.1 Å². The lowest BCUT2D eigenvalue weighted by atomic mass is 9.78. The predicted octanol–water partition coefficient (Wildman–Crippen LogP) is 3.76. The smallest absolute Gasteiger partial charge is 0.269 e. The van der Waals surface area contributed by atoms with E-state index in [1.165, 1.54) is 6.07 Å². The van der Waals surface area contributed by atoms with Crippen LogP contribution in [0, 0.1) is 11.2 Å². The SMILES string of the molecule is CCNC(=O)c1ccc(-c2ccc(N3CCCC4(CCN(C5CCC(O)CC5)C4=O)C3)c(F)c2)cn1. The van der Waals surface area contributed by atoms with Gasteiger partial charge in [-0.2, -0.15) is 0 Å². The second-order valence-corrected chi connectivity index (χ2v) is 10.5. The fraction of sp³-hybridized carbons (Fsp3) is 0.536. The number of piperidine rings is 1. The Labute approximate surface area is 211 Å². The predicted molar refractivity (Wildman–Crippen MR) is 136 cm³/mol. The van der Waals surface area contributed by atoms with E-state index in [9.17, 15) is 14.7 Å². The molecular weight excluding hydrogens is 459 g/mol. The van der Waals surface area contributed by atoms with Crippen molar-refractivity contribution < 1.29 is 19.1 Å². The number of pyridine rings is 1. The lowest BCUT2D eigenvalue weighted by Gasteiger charge is -2.41. The summed E-state index contributed by atoms with van der Waals surface area (Å²) >= 11 is 0. The molecule has 7 nitrogen and oxygen atoms in total. The highest BCUT2D eigenvalue weighted by molar-refractivity contribution is 5.92. The molecule has 1 aromatic heterocycles. The molecular formula is C28H35FN4O3. The van der Waals surface area contributed by atoms with Crippen molar-refractivity contribution in [3.05, 3.63) is 48.0 Å². The number of nitrogens with zero attached hydrogens (tertiary/aromatic N) is 3. The number of hydrogen-bond acceptors (Lipinski definition) is 5. The number of carbonyl (C=O) groups excluding carboxylic acids is 2. The Kier molecular flexibility index (Phi) is 6.97. The summed E-state index contributed by atoms with van der Waals surface area (Å²) < 4.78 is 15.4. The van der Waals surface area contributed by atoms with Crippen LogP contribution in [0.15, 0.2) is 36.5 Å². The van der Waals surface area contributed by atoms with Crippen LogP contribution in [0.25, 0.3) is 11.1 Å². The first-order valence-corrected chi connectivity index (χ1v) is 13.2. The molecule has 1 spiro atoms. The van der Waals surface area contributed by atoms with Gasteiger partial charge in [-0.1, -0.05) is 12.1 Å². The second-order valence-electron chi connectivity index (χ2n) is 10.5. The van der Waals surface area contributed by atoms with Crippen molar-refractivity contribution in [3.63, 3.8) is 0 Å². The van der Waals surface area contributed by atoms with Crippen LogP contribution in [0.2, 0.25) is 0 Å². The fourth-order valence-corrected chi connectivity index (χ4v) is 6.17. The number of amides is 2. The van der Waals surface area contributed by atoms with E-state index in [0.29, 0.717) is 30.0 Å². The maximum Gasteiger partial charge on any atom is 0.269 e. The van der Waals surface area contributed by atoms with Crippen molar-refractivity contribution in [2.75, 3.05) is 31.1 Å². The average molecular weight is 495 g/mol. The summed E-state index contributed by atoms with van der Waals surface area (Å²) in [7, 11) is 0. The molecule has 1 aromatic carbocycles. The first-order chi connectivity index (χ1) is 17.4. The van der Waals surface area contributed by atoms with Crippen molar-refractivity contribution >= 4 is 17.5 Å². The lowest BCUT2D eigenvalue weighted by Crippen LogP contribution is -2.50. The van der Waals surface area contributed by atoms with Crippen molar-refractivity contribution in [1.82, 2.24) is 15.2 Å². The average Bonchev–Trinajstić information content (AvgIpc) is 3.19. The van der Waals surface area contributed by atoms with E-state index in [1.807, 2.05) is 22.8 Å². The van der Waals surface area contributed by atoms with Gasteiger partial charge in [0.05, 0.1) is 17.2 Å². The summed E-state index contributed by atoms with van der Waals surface area (Å²) in [6, 6.07) is 8.82. The lowest BCUT2D eigenvalue weighted by molar-refractivity contribution is -0.139. The second kappa shape index (κ2) is 10.2. The van der Waals surface area contributed by atoms with Crippen molar-refractivity contribution in [1.29, 1.82) is 0 Å². The number of likely N-dealkylation sites (tertiary alicyclic amines) is 1. The zero-order valence-electron chi connectivity index (χ0n) is 20.9. The van der Waals surface area contributed by atoms with Gasteiger partial charge in [-0.3, -0.25) is 14.6 Å². The van der Waals surface area contributed by atoms with Crippen molar-refractivity contribution in [2.24, 2.45) is 5.41 Å². The normalized spacial score (nSPS) is 26.5. The number of benzene rings is 1. The van der Waals surface area contributed by atoms with E-state index < -0.39 is 5.41 Å². The minimum absolute atomic E-state index is 0.212. The Morgan fingerprint density at radius 3 is 2.61 bits per heavy atom. The van der Waals surface area contributed by atoms with Gasteiger partial charge in [0, 0.05) is 44.0 Å². The fourth-order valence-electron chi connectivity index (χ4n) is 6.17. The van der Waals surface area contributed by atoms with Crippen LogP contribution < -0.4 is 10.2 Å². The van der Waals surface area contributed by atoms with Crippen LogP contribution in [0.4, 0.5) is 10.1 Å². The number of carbonyl (C=O) groups is 2. The number of halogens is 1. The van der Waals surface area contributed by atoms with Gasteiger partial charge in [-0.15, -0.1) is 0 Å². The summed E-state index contributed by atoms with van der Waals surface area (Å²) in [6.45, 7) is 4.40. The van der Waals surface area contributed by atoms with E-state index in [0.717, 1.165) is 63.6 Å². The molecule has 3 heterocycles. The van der Waals surface area contributed by atoms with Gasteiger partial charge in [0.1, 0.15) is 11.5 Å². The van der Waals surface area contributed by atoms with E-state index in [1.54, 1.807) is 24.4 Å². The number of aliphatic hydroxyl groups excluding tert-OH is 1. The Bertz CT molecular complexity index is 1120. The first-order valence-electron chi connectivity index (χ1n) is 13.2. The van der Waals surface area contributed by atoms with E-state index in [-0.39, 0.29) is 29.8 Å². The van der Waals surface area contributed by atoms with Crippen LogP contribution in [-0.2, 0) is 4.79 Å². The van der Waals surface area contributed by atoms with Gasteiger partial charge in [-0.25, -0.2) is 4.39 Å². The van der Waals surface area contributed by atoms with Gasteiger partial charge in [-0.05, 0) is 75.6 Å². The quantitative estimate of drug-likeness (QED) is 0.661. The Morgan fingerprint density at radius 2 is 1.92 bits per heavy atom. The topological polar surface area (TPSA) is 85.8 Å².